The molecule has 0 aliphatic heterocycles. The second-order valence-electron chi connectivity index (χ2n) is 6.32. The highest BCUT2D eigenvalue weighted by Gasteiger charge is 2.31. The predicted molar refractivity (Wildman–Crippen MR) is 87.4 cm³/mol. The van der Waals surface area contributed by atoms with Crippen LogP contribution >= 0.6 is 11.6 Å². The summed E-state index contributed by atoms with van der Waals surface area (Å²) in [6, 6.07) is 7.83. The Kier molecular flexibility index (Phi) is 5.65. The summed E-state index contributed by atoms with van der Waals surface area (Å²) in [5.41, 5.74) is 6.78. The first-order chi connectivity index (χ1) is 10.0. The Bertz CT molecular complexity index is 489. The lowest BCUT2D eigenvalue weighted by atomic mass is 9.87. The summed E-state index contributed by atoms with van der Waals surface area (Å²) in [7, 11) is 0. The van der Waals surface area contributed by atoms with Gasteiger partial charge in [0, 0.05) is 11.1 Å². The lowest BCUT2D eigenvalue weighted by Gasteiger charge is -2.26. The van der Waals surface area contributed by atoms with Crippen molar-refractivity contribution in [2.24, 2.45) is 17.6 Å². The van der Waals surface area contributed by atoms with Crippen molar-refractivity contribution in [1.29, 1.82) is 0 Å². The van der Waals surface area contributed by atoms with Gasteiger partial charge in [0.1, 0.15) is 0 Å². The maximum absolute atomic E-state index is 12.7. The molecular weight excluding hydrogens is 284 g/mol. The molecule has 1 aromatic rings. The van der Waals surface area contributed by atoms with Gasteiger partial charge in [0.15, 0.2) is 0 Å². The third-order valence-electron chi connectivity index (χ3n) is 4.45. The fourth-order valence-electron chi connectivity index (χ4n) is 3.32. The molecule has 3 nitrogen and oxygen atoms in total. The quantitative estimate of drug-likeness (QED) is 0.876. The zero-order valence-electron chi connectivity index (χ0n) is 12.8. The van der Waals surface area contributed by atoms with Crippen LogP contribution in [-0.4, -0.2) is 18.5 Å². The molecule has 1 aromatic carbocycles. The Morgan fingerprint density at radius 1 is 1.43 bits per heavy atom. The molecule has 1 fully saturated rings. The first-order valence-corrected chi connectivity index (χ1v) is 8.16. The van der Waals surface area contributed by atoms with E-state index in [0.717, 1.165) is 24.8 Å². The summed E-state index contributed by atoms with van der Waals surface area (Å²) in [5, 5.41) is 3.89. The van der Waals surface area contributed by atoms with Crippen LogP contribution in [0.3, 0.4) is 0 Å². The molecule has 0 bridgehead atoms. The number of hydrogen-bond donors (Lipinski definition) is 2. The molecule has 116 valence electrons. The standard InChI is InChI=1S/C17H25ClN2O/c1-11(2)16(12-5-3-7-14(18)9-12)17(21)20-15-8-4-6-13(15)10-19/h3,5,7,9,11,13,15-16H,4,6,8,10,19H2,1-2H3,(H,20,21). The predicted octanol–water partition coefficient (Wildman–Crippen LogP) is 3.32. The van der Waals surface area contributed by atoms with Gasteiger partial charge >= 0.3 is 0 Å². The van der Waals surface area contributed by atoms with Gasteiger partial charge in [-0.05, 0) is 48.9 Å². The SMILES string of the molecule is CC(C)C(C(=O)NC1CCCC1CN)c1cccc(Cl)c1. The first kappa shape index (κ1) is 16.3. The maximum Gasteiger partial charge on any atom is 0.228 e. The average molecular weight is 309 g/mol. The van der Waals surface area contributed by atoms with Gasteiger partial charge in [-0.1, -0.05) is 44.0 Å². The highest BCUT2D eigenvalue weighted by Crippen LogP contribution is 2.29. The minimum absolute atomic E-state index is 0.0950. The summed E-state index contributed by atoms with van der Waals surface area (Å²) in [4.78, 5) is 12.7. The van der Waals surface area contributed by atoms with E-state index >= 15 is 0 Å². The van der Waals surface area contributed by atoms with E-state index in [4.69, 9.17) is 17.3 Å². The summed E-state index contributed by atoms with van der Waals surface area (Å²) in [6.07, 6.45) is 3.30. The number of carbonyl (C=O) groups excluding carboxylic acids is 1. The zero-order valence-corrected chi connectivity index (χ0v) is 13.6. The molecule has 3 unspecified atom stereocenters. The van der Waals surface area contributed by atoms with E-state index in [2.05, 4.69) is 19.2 Å². The van der Waals surface area contributed by atoms with Crippen LogP contribution in [0.15, 0.2) is 24.3 Å². The number of nitrogens with one attached hydrogen (secondary N) is 1. The van der Waals surface area contributed by atoms with E-state index in [0.29, 0.717) is 17.5 Å². The van der Waals surface area contributed by atoms with Crippen LogP contribution in [-0.2, 0) is 4.79 Å². The molecular formula is C17H25ClN2O. The van der Waals surface area contributed by atoms with Crippen LogP contribution in [0.2, 0.25) is 5.02 Å². The van der Waals surface area contributed by atoms with E-state index in [1.165, 1.54) is 0 Å². The Balaban J connectivity index is 2.13. The van der Waals surface area contributed by atoms with Gasteiger partial charge in [0.05, 0.1) is 5.92 Å². The molecule has 3 atom stereocenters. The van der Waals surface area contributed by atoms with Crippen LogP contribution < -0.4 is 11.1 Å². The number of rotatable bonds is 5. The minimum Gasteiger partial charge on any atom is -0.353 e. The Hall–Kier alpha value is -1.06. The van der Waals surface area contributed by atoms with Crippen LogP contribution in [0.5, 0.6) is 0 Å². The molecule has 1 amide bonds. The fraction of sp³-hybridized carbons (Fsp3) is 0.588. The van der Waals surface area contributed by atoms with E-state index in [9.17, 15) is 4.79 Å². The van der Waals surface area contributed by atoms with Crippen LogP contribution in [0.1, 0.15) is 44.6 Å². The third kappa shape index (κ3) is 3.98. The van der Waals surface area contributed by atoms with Crippen molar-refractivity contribution < 1.29 is 4.79 Å². The van der Waals surface area contributed by atoms with E-state index in [1.54, 1.807) is 0 Å². The molecule has 21 heavy (non-hydrogen) atoms. The first-order valence-electron chi connectivity index (χ1n) is 7.78. The van der Waals surface area contributed by atoms with Crippen LogP contribution in [0.25, 0.3) is 0 Å². The van der Waals surface area contributed by atoms with E-state index in [1.807, 2.05) is 24.3 Å². The zero-order chi connectivity index (χ0) is 15.4. The normalized spacial score (nSPS) is 23.3. The number of amides is 1. The maximum atomic E-state index is 12.7. The molecule has 1 aliphatic carbocycles. The Morgan fingerprint density at radius 3 is 2.81 bits per heavy atom. The molecule has 1 saturated carbocycles. The fourth-order valence-corrected chi connectivity index (χ4v) is 3.52. The molecule has 2 rings (SSSR count). The van der Waals surface area contributed by atoms with Crippen molar-refractivity contribution in [1.82, 2.24) is 5.32 Å². The number of halogens is 1. The van der Waals surface area contributed by atoms with Crippen molar-refractivity contribution >= 4 is 17.5 Å². The monoisotopic (exact) mass is 308 g/mol. The highest BCUT2D eigenvalue weighted by atomic mass is 35.5. The molecule has 0 spiro atoms. The lowest BCUT2D eigenvalue weighted by Crippen LogP contribution is -2.43. The van der Waals surface area contributed by atoms with E-state index in [-0.39, 0.29) is 23.8 Å². The molecule has 0 aromatic heterocycles. The summed E-state index contributed by atoms with van der Waals surface area (Å²) >= 11 is 6.07. The molecule has 0 heterocycles. The summed E-state index contributed by atoms with van der Waals surface area (Å²) in [6.45, 7) is 4.79. The summed E-state index contributed by atoms with van der Waals surface area (Å²) in [5.74, 6) is 0.572. The largest absolute Gasteiger partial charge is 0.353 e. The molecule has 0 radical (unpaired) electrons. The Morgan fingerprint density at radius 2 is 2.19 bits per heavy atom. The Labute approximate surface area is 132 Å². The van der Waals surface area contributed by atoms with Gasteiger partial charge in [-0.2, -0.15) is 0 Å². The molecule has 3 N–H and O–H groups in total. The van der Waals surface area contributed by atoms with Crippen molar-refractivity contribution in [2.75, 3.05) is 6.54 Å². The molecule has 0 saturated heterocycles. The number of benzene rings is 1. The van der Waals surface area contributed by atoms with Crippen LogP contribution in [0, 0.1) is 11.8 Å². The topological polar surface area (TPSA) is 55.1 Å². The number of nitrogens with two attached hydrogens (primary N) is 1. The van der Waals surface area contributed by atoms with Gasteiger partial charge in [-0.3, -0.25) is 4.79 Å². The second kappa shape index (κ2) is 7.28. The van der Waals surface area contributed by atoms with Gasteiger partial charge < -0.3 is 11.1 Å². The highest BCUT2D eigenvalue weighted by molar-refractivity contribution is 6.30. The smallest absolute Gasteiger partial charge is 0.228 e. The van der Waals surface area contributed by atoms with Crippen molar-refractivity contribution in [3.05, 3.63) is 34.9 Å². The van der Waals surface area contributed by atoms with Gasteiger partial charge in [0.25, 0.3) is 0 Å². The van der Waals surface area contributed by atoms with Gasteiger partial charge in [-0.15, -0.1) is 0 Å². The van der Waals surface area contributed by atoms with Crippen molar-refractivity contribution in [3.63, 3.8) is 0 Å². The molecule has 1 aliphatic rings. The van der Waals surface area contributed by atoms with Crippen molar-refractivity contribution in [3.8, 4) is 0 Å². The van der Waals surface area contributed by atoms with Gasteiger partial charge in [-0.25, -0.2) is 0 Å². The molecule has 4 heteroatoms. The number of hydrogen-bond acceptors (Lipinski definition) is 2. The van der Waals surface area contributed by atoms with Crippen molar-refractivity contribution in [2.45, 2.75) is 45.1 Å². The third-order valence-corrected chi connectivity index (χ3v) is 4.68. The number of carbonyl (C=O) groups is 1. The van der Waals surface area contributed by atoms with E-state index < -0.39 is 0 Å². The van der Waals surface area contributed by atoms with Gasteiger partial charge in [0.2, 0.25) is 5.91 Å². The minimum atomic E-state index is -0.164. The lowest BCUT2D eigenvalue weighted by molar-refractivity contribution is -0.124. The average Bonchev–Trinajstić information content (AvgIpc) is 2.85. The second-order valence-corrected chi connectivity index (χ2v) is 6.75. The van der Waals surface area contributed by atoms with Crippen LogP contribution in [0.4, 0.5) is 0 Å². The summed E-state index contributed by atoms with van der Waals surface area (Å²) < 4.78 is 0.